The molecule has 0 aromatic carbocycles. The van der Waals surface area contributed by atoms with Gasteiger partial charge in [-0.05, 0) is 6.26 Å². The van der Waals surface area contributed by atoms with Crippen molar-refractivity contribution in [3.63, 3.8) is 0 Å². The smallest absolute Gasteiger partial charge is 0.109 e. The maximum absolute atomic E-state index is 11.4. The number of thioether (sulfide) groups is 1. The van der Waals surface area contributed by atoms with Crippen LogP contribution in [0, 0.1) is 0 Å². The predicted octanol–water partition coefficient (Wildman–Crippen LogP) is 4.16. The average Bonchev–Trinajstić information content (AvgIpc) is 1.57. The minimum atomic E-state index is -9.69. The van der Waals surface area contributed by atoms with Gasteiger partial charge in [0.25, 0.3) is 0 Å². The highest BCUT2D eigenvalue weighted by atomic mass is 35.5. The summed E-state index contributed by atoms with van der Waals surface area (Å²) in [6.07, 6.45) is 1.11. The van der Waals surface area contributed by atoms with E-state index in [1.54, 1.807) is 0 Å². The van der Waals surface area contributed by atoms with Crippen molar-refractivity contribution in [2.75, 3.05) is 6.26 Å². The molecule has 0 radical (unpaired) electrons. The van der Waals surface area contributed by atoms with Gasteiger partial charge in [-0.15, -0.1) is 4.40 Å². The molecular weight excluding hydrogens is 233 g/mol. The first kappa shape index (κ1) is 11.3. The molecule has 0 aliphatic heterocycles. The van der Waals surface area contributed by atoms with Gasteiger partial charge in [0.15, 0.2) is 4.50 Å². The lowest BCUT2D eigenvalue weighted by Crippen LogP contribution is -2.01. The fourth-order valence-corrected chi connectivity index (χ4v) is 1.56. The van der Waals surface area contributed by atoms with Crippen LogP contribution in [-0.4, -0.2) is 10.8 Å². The molecule has 0 bridgehead atoms. The molecule has 1 nitrogen and oxygen atoms in total. The van der Waals surface area contributed by atoms with E-state index in [0.29, 0.717) is 11.8 Å². The second-order valence-corrected chi connectivity index (χ2v) is 4.89. The third kappa shape index (κ3) is 8.21. The van der Waals surface area contributed by atoms with Gasteiger partial charge in [0.1, 0.15) is 0 Å². The van der Waals surface area contributed by atoms with Crippen LogP contribution in [0.1, 0.15) is 0 Å². The molecule has 0 fully saturated rings. The number of halogens is 6. The van der Waals surface area contributed by atoms with Crippen molar-refractivity contribution in [3.05, 3.63) is 0 Å². The Morgan fingerprint density at radius 3 is 1.73 bits per heavy atom. The van der Waals surface area contributed by atoms with Crippen LogP contribution in [0.5, 0.6) is 0 Å². The monoisotopic (exact) mass is 235 g/mol. The summed E-state index contributed by atoms with van der Waals surface area (Å²) in [5.74, 6) is 0. The van der Waals surface area contributed by atoms with Crippen LogP contribution in [-0.2, 0) is 0 Å². The molecule has 11 heavy (non-hydrogen) atoms. The van der Waals surface area contributed by atoms with Gasteiger partial charge >= 0.3 is 10.4 Å². The maximum atomic E-state index is 11.4. The zero-order valence-electron chi connectivity index (χ0n) is 5.03. The quantitative estimate of drug-likeness (QED) is 0.378. The Kier molecular flexibility index (Phi) is 2.23. The van der Waals surface area contributed by atoms with Crippen molar-refractivity contribution in [1.29, 1.82) is 0 Å². The van der Waals surface area contributed by atoms with E-state index in [1.165, 1.54) is 4.40 Å². The van der Waals surface area contributed by atoms with Crippen molar-refractivity contribution in [2.45, 2.75) is 0 Å². The van der Waals surface area contributed by atoms with E-state index in [4.69, 9.17) is 0 Å². The molecule has 0 aromatic rings. The van der Waals surface area contributed by atoms with Gasteiger partial charge in [-0.3, -0.25) is 0 Å². The lowest BCUT2D eigenvalue weighted by Gasteiger charge is -2.34. The summed E-state index contributed by atoms with van der Waals surface area (Å²) in [6.45, 7) is 0. The van der Waals surface area contributed by atoms with Crippen LogP contribution < -0.4 is 0 Å². The Hall–Kier alpha value is 0.310. The Morgan fingerprint density at radius 2 is 1.64 bits per heavy atom. The molecule has 0 atom stereocenters. The lowest BCUT2D eigenvalue weighted by atomic mass is 11.7. The molecule has 0 saturated carbocycles. The molecule has 0 aliphatic carbocycles. The van der Waals surface area contributed by atoms with Crippen LogP contribution in [0.15, 0.2) is 4.40 Å². The molecule has 0 aromatic heterocycles. The molecule has 0 saturated heterocycles. The summed E-state index contributed by atoms with van der Waals surface area (Å²) >= 11 is 4.97. The first-order valence-electron chi connectivity index (χ1n) is 1.98. The van der Waals surface area contributed by atoms with Gasteiger partial charge in [-0.1, -0.05) is 42.8 Å². The van der Waals surface area contributed by atoms with Gasteiger partial charge in [0, 0.05) is 0 Å². The highest BCUT2D eigenvalue weighted by Crippen LogP contribution is 2.99. The van der Waals surface area contributed by atoms with Crippen LogP contribution in [0.2, 0.25) is 0 Å². The van der Waals surface area contributed by atoms with Crippen molar-refractivity contribution in [2.24, 2.45) is 4.40 Å². The van der Waals surface area contributed by atoms with Crippen molar-refractivity contribution in [1.82, 2.24) is 0 Å². The van der Waals surface area contributed by atoms with Crippen molar-refractivity contribution >= 4 is 38.3 Å². The first-order chi connectivity index (χ1) is 4.43. The summed E-state index contributed by atoms with van der Waals surface area (Å²) in [5.41, 5.74) is 0. The topological polar surface area (TPSA) is 12.4 Å². The van der Waals surface area contributed by atoms with E-state index in [9.17, 15) is 19.4 Å². The molecule has 0 aliphatic rings. The van der Waals surface area contributed by atoms with Gasteiger partial charge < -0.3 is 0 Å². The highest BCUT2D eigenvalue weighted by molar-refractivity contribution is 8.45. The third-order valence-electron chi connectivity index (χ3n) is 0.413. The standard InChI is InChI=1S/C2H3ClF5NS2/c1-10-2(3)9-11(4,5,6,7)8/h1H3/b9-2+. The van der Waals surface area contributed by atoms with E-state index in [1.807, 2.05) is 0 Å². The van der Waals surface area contributed by atoms with Crippen LogP contribution in [0.3, 0.4) is 0 Å². The molecule has 0 heterocycles. The highest BCUT2D eigenvalue weighted by Gasteiger charge is 2.64. The SMILES string of the molecule is CS/C(Cl)=N/S(F)(F)(F)(F)F. The number of rotatable bonds is 1. The van der Waals surface area contributed by atoms with E-state index < -0.39 is 14.9 Å². The van der Waals surface area contributed by atoms with E-state index in [0.717, 1.165) is 6.26 Å². The minimum absolute atomic E-state index is 0.294. The van der Waals surface area contributed by atoms with E-state index >= 15 is 0 Å². The predicted molar refractivity (Wildman–Crippen MR) is 39.9 cm³/mol. The van der Waals surface area contributed by atoms with Gasteiger partial charge in [-0.25, -0.2) is 0 Å². The number of hydrogen-bond acceptors (Lipinski definition) is 2. The average molecular weight is 236 g/mol. The molecule has 0 spiro atoms. The molecular formula is C2H3ClF5NS2. The van der Waals surface area contributed by atoms with Crippen LogP contribution in [0.25, 0.3) is 0 Å². The summed E-state index contributed by atoms with van der Waals surface area (Å²) in [4.78, 5) is 0. The summed E-state index contributed by atoms with van der Waals surface area (Å²) < 4.78 is 56.8. The van der Waals surface area contributed by atoms with E-state index in [2.05, 4.69) is 11.6 Å². The number of nitrogens with zero attached hydrogens (tertiary/aromatic N) is 1. The Bertz CT molecular complexity index is 192. The third-order valence-corrected chi connectivity index (χ3v) is 2.13. The molecule has 0 N–H and O–H groups in total. The fraction of sp³-hybridized carbons (Fsp3) is 0.500. The van der Waals surface area contributed by atoms with Gasteiger partial charge in [0.05, 0.1) is 0 Å². The Morgan fingerprint density at radius 1 is 1.27 bits per heavy atom. The largest absolute Gasteiger partial charge is 0.383 e. The normalized spacial score (nSPS) is 20.8. The van der Waals surface area contributed by atoms with Gasteiger partial charge in [-0.2, -0.15) is 0 Å². The molecule has 0 rings (SSSR count). The van der Waals surface area contributed by atoms with Crippen molar-refractivity contribution < 1.29 is 19.4 Å². The molecule has 9 heteroatoms. The lowest BCUT2D eigenvalue weighted by molar-refractivity contribution is 0.367. The number of hydrogen-bond donors (Lipinski definition) is 0. The summed E-state index contributed by atoms with van der Waals surface area (Å²) in [5, 5.41) is 0. The second-order valence-electron chi connectivity index (χ2n) is 1.48. The second kappa shape index (κ2) is 2.17. The first-order valence-corrected chi connectivity index (χ1v) is 5.49. The minimum Gasteiger partial charge on any atom is -0.109 e. The zero-order chi connectivity index (χ0) is 9.40. The Labute approximate surface area is 68.9 Å². The van der Waals surface area contributed by atoms with Crippen LogP contribution >= 0.6 is 33.8 Å². The van der Waals surface area contributed by atoms with Gasteiger partial charge in [0.2, 0.25) is 0 Å². The summed E-state index contributed by atoms with van der Waals surface area (Å²) in [6, 6.07) is 0. The molecule has 0 amide bonds. The maximum Gasteiger partial charge on any atom is 0.383 e. The van der Waals surface area contributed by atoms with Crippen molar-refractivity contribution in [3.8, 4) is 0 Å². The summed E-state index contributed by atoms with van der Waals surface area (Å²) in [7, 11) is -9.69. The Balaban J connectivity index is 4.91. The molecule has 70 valence electrons. The van der Waals surface area contributed by atoms with Crippen LogP contribution in [0.4, 0.5) is 19.4 Å². The van der Waals surface area contributed by atoms with E-state index in [-0.39, 0.29) is 0 Å². The fourth-order valence-electron chi connectivity index (χ4n) is 0.173. The molecule has 0 unspecified atom stereocenters. The zero-order valence-corrected chi connectivity index (χ0v) is 7.42.